The molecule has 0 fully saturated rings. The Hall–Kier alpha value is -3.16. The number of thiazole rings is 1. The number of anilines is 1. The van der Waals surface area contributed by atoms with Crippen molar-refractivity contribution in [1.82, 2.24) is 9.97 Å². The molecule has 0 aliphatic carbocycles. The maximum Gasteiger partial charge on any atom is 0.260 e. The largest absolute Gasteiger partial charge is 0.486 e. The Kier molecular flexibility index (Phi) is 4.98. The van der Waals surface area contributed by atoms with Crippen LogP contribution >= 0.6 is 22.9 Å². The zero-order valence-electron chi connectivity index (χ0n) is 15.7. The maximum absolute atomic E-state index is 13.5. The fourth-order valence-electron chi connectivity index (χ4n) is 3.23. The third-order valence-corrected chi connectivity index (χ3v) is 6.02. The highest BCUT2D eigenvalue weighted by molar-refractivity contribution is 7.22. The van der Waals surface area contributed by atoms with Crippen LogP contribution in [0.5, 0.6) is 11.5 Å². The molecular formula is C22H16ClN3O3S. The third kappa shape index (κ3) is 3.58. The lowest BCUT2D eigenvalue weighted by molar-refractivity contribution is 0.0983. The third-order valence-electron chi connectivity index (χ3n) is 4.67. The topological polar surface area (TPSA) is 64.6 Å². The second-order valence-electron chi connectivity index (χ2n) is 6.65. The van der Waals surface area contributed by atoms with E-state index in [9.17, 15) is 4.79 Å². The number of benzene rings is 2. The number of carbonyl (C=O) groups excluding carboxylic acids is 1. The van der Waals surface area contributed by atoms with Crippen LogP contribution in [0.2, 0.25) is 5.02 Å². The fourth-order valence-corrected chi connectivity index (χ4v) is 4.49. The van der Waals surface area contributed by atoms with Crippen LogP contribution in [0.1, 0.15) is 16.1 Å². The number of para-hydroxylation sites is 1. The summed E-state index contributed by atoms with van der Waals surface area (Å²) < 4.78 is 12.1. The van der Waals surface area contributed by atoms with E-state index in [-0.39, 0.29) is 12.5 Å². The molecule has 5 rings (SSSR count). The number of hydrogen-bond acceptors (Lipinski definition) is 6. The van der Waals surface area contributed by atoms with E-state index < -0.39 is 0 Å². The van der Waals surface area contributed by atoms with Crippen LogP contribution in [-0.4, -0.2) is 29.1 Å². The van der Waals surface area contributed by atoms with Crippen LogP contribution in [0.3, 0.4) is 0 Å². The van der Waals surface area contributed by atoms with Crippen LogP contribution in [0.15, 0.2) is 60.8 Å². The van der Waals surface area contributed by atoms with E-state index in [4.69, 9.17) is 21.1 Å². The van der Waals surface area contributed by atoms with Crippen molar-refractivity contribution in [2.24, 2.45) is 0 Å². The van der Waals surface area contributed by atoms with Gasteiger partial charge in [-0.3, -0.25) is 14.7 Å². The minimum atomic E-state index is -0.201. The van der Waals surface area contributed by atoms with Crippen molar-refractivity contribution < 1.29 is 14.3 Å². The van der Waals surface area contributed by atoms with Gasteiger partial charge in [0.15, 0.2) is 16.6 Å². The van der Waals surface area contributed by atoms with Gasteiger partial charge < -0.3 is 9.47 Å². The Morgan fingerprint density at radius 2 is 1.93 bits per heavy atom. The highest BCUT2D eigenvalue weighted by atomic mass is 35.5. The average molecular weight is 438 g/mol. The minimum absolute atomic E-state index is 0.201. The molecule has 4 aromatic rings. The van der Waals surface area contributed by atoms with Crippen LogP contribution in [0.4, 0.5) is 5.13 Å². The number of nitrogens with zero attached hydrogens (tertiary/aromatic N) is 3. The van der Waals surface area contributed by atoms with E-state index in [1.807, 2.05) is 30.3 Å². The molecule has 0 radical (unpaired) electrons. The molecule has 0 spiro atoms. The molecular weight excluding hydrogens is 422 g/mol. The normalized spacial score (nSPS) is 12.7. The summed E-state index contributed by atoms with van der Waals surface area (Å²) in [4.78, 5) is 24.2. The SMILES string of the molecule is O=C(c1ccc2c(c1)OCCO2)N(Cc1ccccn1)c1nc2c(Cl)cccc2s1. The molecule has 8 heteroatoms. The van der Waals surface area contributed by atoms with Gasteiger partial charge in [0.25, 0.3) is 5.91 Å². The Bertz CT molecular complexity index is 1230. The molecule has 1 aliphatic rings. The first-order valence-electron chi connectivity index (χ1n) is 9.35. The summed E-state index contributed by atoms with van der Waals surface area (Å²) in [6.07, 6.45) is 1.71. The van der Waals surface area contributed by atoms with Crippen molar-refractivity contribution in [3.63, 3.8) is 0 Å². The Balaban J connectivity index is 1.56. The molecule has 150 valence electrons. The van der Waals surface area contributed by atoms with Crippen LogP contribution in [-0.2, 0) is 6.54 Å². The summed E-state index contributed by atoms with van der Waals surface area (Å²) in [5.41, 5.74) is 1.93. The first-order chi connectivity index (χ1) is 14.7. The van der Waals surface area contributed by atoms with E-state index in [1.165, 1.54) is 11.3 Å². The number of fused-ring (bicyclic) bond motifs is 2. The Morgan fingerprint density at radius 1 is 1.07 bits per heavy atom. The van der Waals surface area contributed by atoms with Crippen LogP contribution < -0.4 is 14.4 Å². The maximum atomic E-state index is 13.5. The molecule has 1 aliphatic heterocycles. The molecule has 30 heavy (non-hydrogen) atoms. The summed E-state index contributed by atoms with van der Waals surface area (Å²) in [7, 11) is 0. The summed E-state index contributed by atoms with van der Waals surface area (Å²) in [5.74, 6) is 1.01. The van der Waals surface area contributed by atoms with Gasteiger partial charge in [-0.15, -0.1) is 0 Å². The van der Waals surface area contributed by atoms with Crippen molar-refractivity contribution >= 4 is 44.2 Å². The second kappa shape index (κ2) is 7.93. The van der Waals surface area contributed by atoms with Gasteiger partial charge in [-0.1, -0.05) is 35.1 Å². The zero-order valence-corrected chi connectivity index (χ0v) is 17.3. The van der Waals surface area contributed by atoms with Crippen molar-refractivity contribution in [2.75, 3.05) is 18.1 Å². The van der Waals surface area contributed by atoms with Crippen LogP contribution in [0.25, 0.3) is 10.2 Å². The molecule has 3 heterocycles. The highest BCUT2D eigenvalue weighted by Crippen LogP contribution is 2.35. The average Bonchev–Trinajstić information content (AvgIpc) is 3.23. The number of aromatic nitrogens is 2. The molecule has 0 bridgehead atoms. The van der Waals surface area contributed by atoms with Gasteiger partial charge in [0, 0.05) is 11.8 Å². The summed E-state index contributed by atoms with van der Waals surface area (Å²) in [6, 6.07) is 16.4. The lowest BCUT2D eigenvalue weighted by Crippen LogP contribution is -2.31. The van der Waals surface area contributed by atoms with Gasteiger partial charge in [-0.05, 0) is 42.5 Å². The van der Waals surface area contributed by atoms with Gasteiger partial charge in [0.2, 0.25) is 0 Å². The summed E-state index contributed by atoms with van der Waals surface area (Å²) >= 11 is 7.73. The molecule has 0 saturated carbocycles. The van der Waals surface area contributed by atoms with E-state index in [0.717, 1.165) is 10.4 Å². The number of halogens is 1. The molecule has 2 aromatic carbocycles. The number of pyridine rings is 1. The van der Waals surface area contributed by atoms with E-state index >= 15 is 0 Å². The molecule has 0 N–H and O–H groups in total. The van der Waals surface area contributed by atoms with Gasteiger partial charge in [-0.2, -0.15) is 0 Å². The first-order valence-corrected chi connectivity index (χ1v) is 10.5. The fraction of sp³-hybridized carbons (Fsp3) is 0.136. The Labute approximate surface area is 181 Å². The number of rotatable bonds is 4. The first kappa shape index (κ1) is 18.8. The zero-order chi connectivity index (χ0) is 20.5. The van der Waals surface area contributed by atoms with E-state index in [0.29, 0.717) is 45.9 Å². The molecule has 0 unspecified atom stereocenters. The van der Waals surface area contributed by atoms with E-state index in [1.54, 1.807) is 35.4 Å². The van der Waals surface area contributed by atoms with Gasteiger partial charge in [0.1, 0.15) is 18.7 Å². The second-order valence-corrected chi connectivity index (χ2v) is 8.07. The lowest BCUT2D eigenvalue weighted by Gasteiger charge is -2.22. The number of hydrogen-bond donors (Lipinski definition) is 0. The molecule has 6 nitrogen and oxygen atoms in total. The number of amides is 1. The van der Waals surface area contributed by atoms with Crippen molar-refractivity contribution in [2.45, 2.75) is 6.54 Å². The lowest BCUT2D eigenvalue weighted by atomic mass is 10.1. The predicted molar refractivity (Wildman–Crippen MR) is 117 cm³/mol. The smallest absolute Gasteiger partial charge is 0.260 e. The van der Waals surface area contributed by atoms with Crippen molar-refractivity contribution in [3.8, 4) is 11.5 Å². The quantitative estimate of drug-likeness (QED) is 0.451. The van der Waals surface area contributed by atoms with Gasteiger partial charge >= 0.3 is 0 Å². The number of carbonyl (C=O) groups is 1. The van der Waals surface area contributed by atoms with Crippen molar-refractivity contribution in [3.05, 3.63) is 77.1 Å². The van der Waals surface area contributed by atoms with E-state index in [2.05, 4.69) is 9.97 Å². The molecule has 0 saturated heterocycles. The highest BCUT2D eigenvalue weighted by Gasteiger charge is 2.24. The van der Waals surface area contributed by atoms with Gasteiger partial charge in [-0.25, -0.2) is 4.98 Å². The van der Waals surface area contributed by atoms with Crippen LogP contribution in [0, 0.1) is 0 Å². The van der Waals surface area contributed by atoms with Gasteiger partial charge in [0.05, 0.1) is 22.0 Å². The monoisotopic (exact) mass is 437 g/mol. The predicted octanol–water partition coefficient (Wildman–Crippen LogP) is 4.96. The molecule has 2 aromatic heterocycles. The standard InChI is InChI=1S/C22H16ClN3O3S/c23-16-5-3-6-19-20(16)25-22(30-19)26(13-15-4-1-2-9-24-15)21(27)14-7-8-17-18(12-14)29-11-10-28-17/h1-9,12H,10-11,13H2. The summed E-state index contributed by atoms with van der Waals surface area (Å²) in [5, 5.41) is 1.11. The van der Waals surface area contributed by atoms with Crippen molar-refractivity contribution in [1.29, 1.82) is 0 Å². The Morgan fingerprint density at radius 3 is 2.73 bits per heavy atom. The minimum Gasteiger partial charge on any atom is -0.486 e. The molecule has 1 amide bonds. The summed E-state index contributed by atoms with van der Waals surface area (Å²) in [6.45, 7) is 1.24. The number of ether oxygens (including phenoxy) is 2. The molecule has 0 atom stereocenters.